The van der Waals surface area contributed by atoms with Gasteiger partial charge in [-0.15, -0.1) is 0 Å². The Hall–Kier alpha value is -3.27. The number of ether oxygens (including phenoxy) is 6. The molecular weight excluding hydrogens is 432 g/mol. The van der Waals surface area contributed by atoms with E-state index < -0.39 is 48.6 Å². The summed E-state index contributed by atoms with van der Waals surface area (Å²) in [7, 11) is 2.79. The van der Waals surface area contributed by atoms with Crippen LogP contribution in [0.3, 0.4) is 0 Å². The molecule has 5 atom stereocenters. The summed E-state index contributed by atoms with van der Waals surface area (Å²) in [6, 6.07) is 16.7. The van der Waals surface area contributed by atoms with Gasteiger partial charge in [0.1, 0.15) is 6.10 Å². The third-order valence-corrected chi connectivity index (χ3v) is 4.98. The Labute approximate surface area is 191 Å². The third-order valence-electron chi connectivity index (χ3n) is 4.98. The van der Waals surface area contributed by atoms with Crippen molar-refractivity contribution in [1.82, 2.24) is 0 Å². The van der Waals surface area contributed by atoms with Crippen LogP contribution < -0.4 is 0 Å². The van der Waals surface area contributed by atoms with Gasteiger partial charge in [-0.3, -0.25) is 4.79 Å². The van der Waals surface area contributed by atoms with E-state index in [0.717, 1.165) is 0 Å². The van der Waals surface area contributed by atoms with Gasteiger partial charge in [-0.1, -0.05) is 36.4 Å². The molecule has 1 fully saturated rings. The molecule has 0 amide bonds. The highest BCUT2D eigenvalue weighted by atomic mass is 16.7. The number of esters is 3. The maximum absolute atomic E-state index is 12.9. The van der Waals surface area contributed by atoms with Gasteiger partial charge in [-0.05, 0) is 24.3 Å². The van der Waals surface area contributed by atoms with Gasteiger partial charge in [-0.2, -0.15) is 0 Å². The summed E-state index contributed by atoms with van der Waals surface area (Å²) in [5, 5.41) is 0. The molecule has 0 bridgehead atoms. The third kappa shape index (κ3) is 6.16. The van der Waals surface area contributed by atoms with E-state index in [2.05, 4.69) is 0 Å². The molecule has 0 N–H and O–H groups in total. The molecule has 2 aromatic carbocycles. The Balaban J connectivity index is 1.94. The van der Waals surface area contributed by atoms with E-state index in [1.165, 1.54) is 21.1 Å². The van der Waals surface area contributed by atoms with Crippen LogP contribution in [0.5, 0.6) is 0 Å². The van der Waals surface area contributed by atoms with E-state index in [1.54, 1.807) is 60.7 Å². The van der Waals surface area contributed by atoms with E-state index in [-0.39, 0.29) is 6.61 Å². The topological polar surface area (TPSA) is 107 Å². The largest absolute Gasteiger partial charge is 0.452 e. The molecule has 0 aliphatic carbocycles. The van der Waals surface area contributed by atoms with Crippen LogP contribution in [0.25, 0.3) is 0 Å². The lowest BCUT2D eigenvalue weighted by Gasteiger charge is -2.43. The van der Waals surface area contributed by atoms with Crippen LogP contribution in [-0.4, -0.2) is 69.4 Å². The van der Waals surface area contributed by atoms with E-state index in [4.69, 9.17) is 28.4 Å². The molecule has 0 spiro atoms. The first-order valence-electron chi connectivity index (χ1n) is 10.3. The van der Waals surface area contributed by atoms with E-state index in [0.29, 0.717) is 11.1 Å². The average Bonchev–Trinajstić information content (AvgIpc) is 2.82. The zero-order chi connectivity index (χ0) is 23.8. The van der Waals surface area contributed by atoms with Gasteiger partial charge in [-0.25, -0.2) is 9.59 Å². The minimum atomic E-state index is -1.21. The Morgan fingerprint density at radius 2 is 1.27 bits per heavy atom. The molecule has 1 aliphatic heterocycles. The van der Waals surface area contributed by atoms with E-state index >= 15 is 0 Å². The fraction of sp³-hybridized carbons (Fsp3) is 0.375. The lowest BCUT2D eigenvalue weighted by atomic mass is 9.98. The normalized spacial score (nSPS) is 24.5. The number of carbonyl (C=O) groups excluding carboxylic acids is 3. The van der Waals surface area contributed by atoms with Crippen LogP contribution in [-0.2, 0) is 33.2 Å². The monoisotopic (exact) mass is 458 g/mol. The lowest BCUT2D eigenvalue weighted by molar-refractivity contribution is -0.296. The van der Waals surface area contributed by atoms with Gasteiger partial charge in [0.15, 0.2) is 18.3 Å². The van der Waals surface area contributed by atoms with Crippen LogP contribution in [0, 0.1) is 0 Å². The highest BCUT2D eigenvalue weighted by molar-refractivity contribution is 5.90. The maximum atomic E-state index is 12.9. The van der Waals surface area contributed by atoms with Crippen LogP contribution in [0.2, 0.25) is 0 Å². The molecule has 9 heteroatoms. The van der Waals surface area contributed by atoms with Crippen LogP contribution in [0.4, 0.5) is 0 Å². The second kappa shape index (κ2) is 11.6. The zero-order valence-corrected chi connectivity index (χ0v) is 18.5. The predicted molar refractivity (Wildman–Crippen MR) is 114 cm³/mol. The molecule has 2 aromatic rings. The Morgan fingerprint density at radius 3 is 1.73 bits per heavy atom. The van der Waals surface area contributed by atoms with Crippen LogP contribution in [0.15, 0.2) is 60.7 Å². The van der Waals surface area contributed by atoms with Gasteiger partial charge >= 0.3 is 17.9 Å². The van der Waals surface area contributed by atoms with Crippen molar-refractivity contribution >= 4 is 17.9 Å². The van der Waals surface area contributed by atoms with Crippen molar-refractivity contribution in [3.8, 4) is 0 Å². The molecule has 1 saturated heterocycles. The van der Waals surface area contributed by atoms with Crippen molar-refractivity contribution in [2.45, 2.75) is 37.6 Å². The molecule has 33 heavy (non-hydrogen) atoms. The molecule has 176 valence electrons. The molecule has 9 nitrogen and oxygen atoms in total. The van der Waals surface area contributed by atoms with Crippen LogP contribution >= 0.6 is 0 Å². The Morgan fingerprint density at radius 1 is 0.758 bits per heavy atom. The number of hydrogen-bond acceptors (Lipinski definition) is 9. The number of methoxy groups -OCH3 is 2. The molecule has 3 rings (SSSR count). The predicted octanol–water partition coefficient (Wildman–Crippen LogP) is 2.39. The number of hydrogen-bond donors (Lipinski definition) is 0. The van der Waals surface area contributed by atoms with Gasteiger partial charge in [0.2, 0.25) is 6.29 Å². The van der Waals surface area contributed by atoms with Crippen molar-refractivity contribution in [3.05, 3.63) is 71.8 Å². The molecule has 1 unspecified atom stereocenters. The first kappa shape index (κ1) is 24.4. The Bertz CT molecular complexity index is 931. The van der Waals surface area contributed by atoms with Gasteiger partial charge in [0, 0.05) is 21.1 Å². The quantitative estimate of drug-likeness (QED) is 0.435. The van der Waals surface area contributed by atoms with E-state index in [9.17, 15) is 14.4 Å². The zero-order valence-electron chi connectivity index (χ0n) is 18.5. The summed E-state index contributed by atoms with van der Waals surface area (Å²) in [6.07, 6.45) is -5.46. The maximum Gasteiger partial charge on any atom is 0.338 e. The molecule has 0 aromatic heterocycles. The number of benzene rings is 2. The summed E-state index contributed by atoms with van der Waals surface area (Å²) < 4.78 is 33.3. The highest BCUT2D eigenvalue weighted by Crippen LogP contribution is 2.30. The number of carbonyl (C=O) groups is 3. The second-order valence-electron chi connectivity index (χ2n) is 7.28. The fourth-order valence-electron chi connectivity index (χ4n) is 3.49. The standard InChI is InChI=1S/C24H26O9/c1-15(25)30-24-21(29-3)20(33-23(27)17-12-8-5-9-13-17)19(18(31-24)14-28-2)32-22(26)16-10-6-4-7-11-16/h4-13,18-21,24H,14H2,1-3H3/t18-,19-,20+,21+,24?/m1/s1. The average molecular weight is 458 g/mol. The lowest BCUT2D eigenvalue weighted by Crippen LogP contribution is -2.62. The first-order valence-corrected chi connectivity index (χ1v) is 10.3. The summed E-state index contributed by atoms with van der Waals surface area (Å²) in [5.41, 5.74) is 0.595. The van der Waals surface area contributed by atoms with Crippen molar-refractivity contribution < 1.29 is 42.8 Å². The van der Waals surface area contributed by atoms with Gasteiger partial charge < -0.3 is 28.4 Å². The van der Waals surface area contributed by atoms with Crippen molar-refractivity contribution in [2.75, 3.05) is 20.8 Å². The van der Waals surface area contributed by atoms with Crippen molar-refractivity contribution in [3.63, 3.8) is 0 Å². The minimum Gasteiger partial charge on any atom is -0.452 e. The molecule has 0 radical (unpaired) electrons. The molecule has 1 aliphatic rings. The second-order valence-corrected chi connectivity index (χ2v) is 7.28. The van der Waals surface area contributed by atoms with Gasteiger partial charge in [0.05, 0.1) is 17.7 Å². The van der Waals surface area contributed by atoms with E-state index in [1.807, 2.05) is 0 Å². The molecule has 0 saturated carbocycles. The Kier molecular flexibility index (Phi) is 8.53. The van der Waals surface area contributed by atoms with Gasteiger partial charge in [0.25, 0.3) is 0 Å². The number of rotatable bonds is 8. The summed E-state index contributed by atoms with van der Waals surface area (Å²) in [6.45, 7) is 1.19. The first-order chi connectivity index (χ1) is 15.9. The SMILES string of the molecule is COC[C@H]1OC(OC(C)=O)[C@@H](OC)[C@@H](OC(=O)c2ccccc2)[C@@H]1OC(=O)c1ccccc1. The smallest absolute Gasteiger partial charge is 0.338 e. The van der Waals surface area contributed by atoms with Crippen molar-refractivity contribution in [1.29, 1.82) is 0 Å². The summed E-state index contributed by atoms with van der Waals surface area (Å²) >= 11 is 0. The summed E-state index contributed by atoms with van der Waals surface area (Å²) in [5.74, 6) is -1.93. The molecule has 1 heterocycles. The van der Waals surface area contributed by atoms with Crippen LogP contribution in [0.1, 0.15) is 27.6 Å². The minimum absolute atomic E-state index is 0.0275. The molecular formula is C24H26O9. The van der Waals surface area contributed by atoms with Crippen molar-refractivity contribution in [2.24, 2.45) is 0 Å². The fourth-order valence-corrected chi connectivity index (χ4v) is 3.49. The summed E-state index contributed by atoms with van der Waals surface area (Å²) in [4.78, 5) is 37.4. The highest BCUT2D eigenvalue weighted by Gasteiger charge is 2.52.